The zero-order valence-electron chi connectivity index (χ0n) is 20.8. The second-order valence-corrected chi connectivity index (χ2v) is 9.96. The minimum atomic E-state index is -4.87. The smallest absolute Gasteiger partial charge is 0.406 e. The molecule has 1 aromatic heterocycles. The quantitative estimate of drug-likeness (QED) is 0.313. The van der Waals surface area contributed by atoms with Crippen LogP contribution in [0.5, 0.6) is 5.75 Å². The van der Waals surface area contributed by atoms with Crippen LogP contribution in [0, 0.1) is 12.8 Å². The first-order valence-corrected chi connectivity index (χ1v) is 11.8. The normalized spacial score (nSPS) is 18.7. The Balaban J connectivity index is 1.68. The molecular weight excluding hydrogens is 512 g/mol. The summed E-state index contributed by atoms with van der Waals surface area (Å²) in [4.78, 5) is 22.3. The van der Waals surface area contributed by atoms with Crippen LogP contribution >= 0.6 is 0 Å². The summed E-state index contributed by atoms with van der Waals surface area (Å²) in [6.07, 6.45) is -8.15. The summed E-state index contributed by atoms with van der Waals surface area (Å²) in [6.45, 7) is 5.28. The van der Waals surface area contributed by atoms with Crippen molar-refractivity contribution in [2.75, 3.05) is 4.90 Å². The van der Waals surface area contributed by atoms with Crippen LogP contribution in [0.25, 0.3) is 0 Å². The highest BCUT2D eigenvalue weighted by Crippen LogP contribution is 2.45. The van der Waals surface area contributed by atoms with Crippen LogP contribution in [-0.4, -0.2) is 22.2 Å². The number of halogens is 6. The van der Waals surface area contributed by atoms with E-state index in [1.54, 1.807) is 32.0 Å². The minimum Gasteiger partial charge on any atom is -0.406 e. The molecule has 1 aliphatic rings. The van der Waals surface area contributed by atoms with E-state index in [2.05, 4.69) is 14.7 Å². The van der Waals surface area contributed by atoms with Gasteiger partial charge < -0.3 is 9.64 Å². The number of aromatic nitrogens is 2. The molecule has 1 amide bonds. The molecular formula is C27H25F6N3O2. The molecule has 5 nitrogen and oxygen atoms in total. The van der Waals surface area contributed by atoms with Gasteiger partial charge in [0.25, 0.3) is 0 Å². The summed E-state index contributed by atoms with van der Waals surface area (Å²) < 4.78 is 82.2. The predicted molar refractivity (Wildman–Crippen MR) is 127 cm³/mol. The third kappa shape index (κ3) is 6.08. The summed E-state index contributed by atoms with van der Waals surface area (Å²) >= 11 is 0. The fourth-order valence-electron chi connectivity index (χ4n) is 4.81. The Hall–Kier alpha value is -3.63. The molecule has 1 saturated heterocycles. The van der Waals surface area contributed by atoms with Crippen molar-refractivity contribution in [3.05, 3.63) is 83.4 Å². The lowest BCUT2D eigenvalue weighted by Crippen LogP contribution is -2.32. The number of hydrogen-bond donors (Lipinski definition) is 0. The monoisotopic (exact) mass is 537 g/mol. The molecule has 0 spiro atoms. The number of nitrogens with zero attached hydrogens (tertiary/aromatic N) is 3. The highest BCUT2D eigenvalue weighted by Gasteiger charge is 2.44. The van der Waals surface area contributed by atoms with Crippen molar-refractivity contribution in [2.24, 2.45) is 5.92 Å². The summed E-state index contributed by atoms with van der Waals surface area (Å²) in [5.74, 6) is -2.58. The van der Waals surface area contributed by atoms with E-state index in [1.165, 1.54) is 29.2 Å². The average Bonchev–Trinajstić information content (AvgIpc) is 3.13. The Morgan fingerprint density at radius 3 is 2.32 bits per heavy atom. The molecule has 2 atom stereocenters. The second kappa shape index (κ2) is 9.92. The third-order valence-corrected chi connectivity index (χ3v) is 6.55. The zero-order chi connectivity index (χ0) is 27.9. The van der Waals surface area contributed by atoms with Gasteiger partial charge in [-0.05, 0) is 55.7 Å². The highest BCUT2D eigenvalue weighted by atomic mass is 19.4. The van der Waals surface area contributed by atoms with Gasteiger partial charge in [-0.25, -0.2) is 9.97 Å². The molecule has 0 radical (unpaired) electrons. The largest absolute Gasteiger partial charge is 0.573 e. The molecule has 202 valence electrons. The van der Waals surface area contributed by atoms with E-state index in [9.17, 15) is 31.1 Å². The Morgan fingerprint density at radius 1 is 1.00 bits per heavy atom. The van der Waals surface area contributed by atoms with Gasteiger partial charge in [0.15, 0.2) is 0 Å². The fraction of sp³-hybridized carbons (Fsp3) is 0.370. The average molecular weight is 538 g/mol. The van der Waals surface area contributed by atoms with Crippen molar-refractivity contribution in [3.8, 4) is 5.75 Å². The van der Waals surface area contributed by atoms with Gasteiger partial charge in [-0.3, -0.25) is 4.79 Å². The SMILES string of the molecule is Cc1ccc(N2C(=O)[C@H](CC(C)(C)c3ccnc(C(F)(F)F)n3)C[C@@H]2c2cccc(OC(F)(F)F)c2)cc1. The molecule has 4 rings (SSSR count). The molecule has 0 aliphatic carbocycles. The maximum absolute atomic E-state index is 13.7. The summed E-state index contributed by atoms with van der Waals surface area (Å²) in [5.41, 5.74) is 1.17. The van der Waals surface area contributed by atoms with Crippen LogP contribution in [-0.2, 0) is 16.4 Å². The third-order valence-electron chi connectivity index (χ3n) is 6.55. The number of aryl methyl sites for hydroxylation is 1. The first kappa shape index (κ1) is 27.4. The lowest BCUT2D eigenvalue weighted by atomic mass is 9.78. The fourth-order valence-corrected chi connectivity index (χ4v) is 4.81. The Labute approximate surface area is 215 Å². The van der Waals surface area contributed by atoms with Gasteiger partial charge in [0.05, 0.1) is 11.7 Å². The number of rotatable bonds is 6. The Bertz CT molecular complexity index is 1310. The van der Waals surface area contributed by atoms with Crippen LogP contribution in [0.3, 0.4) is 0 Å². The molecule has 1 fully saturated rings. The molecule has 1 aliphatic heterocycles. The van der Waals surface area contributed by atoms with Crippen molar-refractivity contribution in [3.63, 3.8) is 0 Å². The van der Waals surface area contributed by atoms with E-state index in [0.29, 0.717) is 11.3 Å². The zero-order valence-corrected chi connectivity index (χ0v) is 20.8. The summed E-state index contributed by atoms with van der Waals surface area (Å²) in [7, 11) is 0. The van der Waals surface area contributed by atoms with E-state index in [-0.39, 0.29) is 24.4 Å². The molecule has 2 aromatic carbocycles. The van der Waals surface area contributed by atoms with Gasteiger partial charge in [-0.2, -0.15) is 13.2 Å². The molecule has 0 saturated carbocycles. The van der Waals surface area contributed by atoms with Gasteiger partial charge in [0, 0.05) is 23.2 Å². The van der Waals surface area contributed by atoms with Gasteiger partial charge in [-0.1, -0.05) is 43.7 Å². The van der Waals surface area contributed by atoms with E-state index >= 15 is 0 Å². The number of carbonyl (C=O) groups excluding carboxylic acids is 1. The van der Waals surface area contributed by atoms with Crippen LogP contribution in [0.1, 0.15) is 55.4 Å². The number of benzene rings is 2. The summed E-state index contributed by atoms with van der Waals surface area (Å²) in [6, 6.07) is 13.4. The molecule has 38 heavy (non-hydrogen) atoms. The van der Waals surface area contributed by atoms with Crippen LogP contribution in [0.2, 0.25) is 0 Å². The molecule has 0 N–H and O–H groups in total. The maximum atomic E-state index is 13.7. The van der Waals surface area contributed by atoms with Gasteiger partial charge in [0.1, 0.15) is 5.75 Å². The highest BCUT2D eigenvalue weighted by molar-refractivity contribution is 5.98. The first-order valence-electron chi connectivity index (χ1n) is 11.8. The molecule has 0 bridgehead atoms. The minimum absolute atomic E-state index is 0.138. The molecule has 11 heteroatoms. The number of hydrogen-bond acceptors (Lipinski definition) is 4. The number of carbonyl (C=O) groups is 1. The summed E-state index contributed by atoms with van der Waals surface area (Å²) in [5, 5.41) is 0. The Kier molecular flexibility index (Phi) is 7.15. The second-order valence-electron chi connectivity index (χ2n) is 9.96. The lowest BCUT2D eigenvalue weighted by molar-refractivity contribution is -0.274. The first-order chi connectivity index (χ1) is 17.6. The van der Waals surface area contributed by atoms with Crippen LogP contribution < -0.4 is 9.64 Å². The van der Waals surface area contributed by atoms with E-state index in [1.807, 2.05) is 19.1 Å². The van der Waals surface area contributed by atoms with E-state index in [0.717, 1.165) is 11.8 Å². The standard InChI is InChI=1S/C27H25F6N3O2/c1-16-7-9-19(10-8-16)36-21(17-5-4-6-20(13-17)38-27(31,32)33)14-18(23(36)37)15-25(2,3)22-11-12-34-24(35-22)26(28,29)30/h4-13,18,21H,14-15H2,1-3H3/t18-,21+/m0/s1. The molecule has 3 aromatic rings. The van der Waals surface area contributed by atoms with Crippen molar-refractivity contribution in [2.45, 2.75) is 57.6 Å². The van der Waals surface area contributed by atoms with Gasteiger partial charge in [-0.15, -0.1) is 13.2 Å². The molecule has 0 unspecified atom stereocenters. The maximum Gasteiger partial charge on any atom is 0.573 e. The van der Waals surface area contributed by atoms with Gasteiger partial charge >= 0.3 is 12.5 Å². The van der Waals surface area contributed by atoms with Gasteiger partial charge in [0.2, 0.25) is 11.7 Å². The predicted octanol–water partition coefficient (Wildman–Crippen LogP) is 7.16. The van der Waals surface area contributed by atoms with Crippen LogP contribution in [0.4, 0.5) is 32.0 Å². The van der Waals surface area contributed by atoms with Crippen molar-refractivity contribution in [1.29, 1.82) is 0 Å². The number of alkyl halides is 6. The van der Waals surface area contributed by atoms with Crippen molar-refractivity contribution >= 4 is 11.6 Å². The number of amides is 1. The molecule has 2 heterocycles. The van der Waals surface area contributed by atoms with Crippen molar-refractivity contribution < 1.29 is 35.9 Å². The number of ether oxygens (including phenoxy) is 1. The Morgan fingerprint density at radius 2 is 1.68 bits per heavy atom. The lowest BCUT2D eigenvalue weighted by Gasteiger charge is -2.27. The number of anilines is 1. The topological polar surface area (TPSA) is 55.3 Å². The van der Waals surface area contributed by atoms with E-state index in [4.69, 9.17) is 0 Å². The van der Waals surface area contributed by atoms with Crippen LogP contribution in [0.15, 0.2) is 60.8 Å². The van der Waals surface area contributed by atoms with E-state index < -0.39 is 41.5 Å². The van der Waals surface area contributed by atoms with Crippen molar-refractivity contribution in [1.82, 2.24) is 9.97 Å².